The maximum absolute atomic E-state index is 11.8. The predicted molar refractivity (Wildman–Crippen MR) is 61.4 cm³/mol. The van der Waals surface area contributed by atoms with Gasteiger partial charge in [-0.1, -0.05) is 20.8 Å². The second kappa shape index (κ2) is 5.01. The van der Waals surface area contributed by atoms with Gasteiger partial charge in [-0.25, -0.2) is 4.79 Å². The number of hydrogen-bond donors (Lipinski definition) is 4. The molecule has 1 rings (SSSR count). The van der Waals surface area contributed by atoms with Crippen molar-refractivity contribution in [2.75, 3.05) is 6.54 Å². The van der Waals surface area contributed by atoms with Crippen LogP contribution in [0.4, 0.5) is 0 Å². The third kappa shape index (κ3) is 3.67. The van der Waals surface area contributed by atoms with Crippen LogP contribution in [0.1, 0.15) is 27.2 Å². The number of carboxylic acids is 1. The molecule has 4 N–H and O–H groups in total. The Morgan fingerprint density at radius 1 is 1.41 bits per heavy atom. The molecule has 6 nitrogen and oxygen atoms in total. The molecular formula is C11H20N2O4. The number of amides is 1. The van der Waals surface area contributed by atoms with Crippen LogP contribution in [0.15, 0.2) is 0 Å². The smallest absolute Gasteiger partial charge is 0.326 e. The summed E-state index contributed by atoms with van der Waals surface area (Å²) in [5, 5.41) is 23.7. The van der Waals surface area contributed by atoms with Gasteiger partial charge in [0.05, 0.1) is 12.1 Å². The first-order valence-electron chi connectivity index (χ1n) is 5.66. The number of carbonyl (C=O) groups is 2. The molecule has 3 atom stereocenters. The van der Waals surface area contributed by atoms with E-state index >= 15 is 0 Å². The van der Waals surface area contributed by atoms with E-state index in [9.17, 15) is 14.7 Å². The number of hydrogen-bond acceptors (Lipinski definition) is 4. The molecule has 1 fully saturated rings. The van der Waals surface area contributed by atoms with E-state index in [4.69, 9.17) is 5.11 Å². The fourth-order valence-electron chi connectivity index (χ4n) is 1.81. The molecule has 1 aliphatic rings. The molecule has 0 aromatic carbocycles. The summed E-state index contributed by atoms with van der Waals surface area (Å²) in [6.45, 7) is 5.63. The van der Waals surface area contributed by atoms with Crippen molar-refractivity contribution in [2.24, 2.45) is 5.41 Å². The van der Waals surface area contributed by atoms with Crippen molar-refractivity contribution in [3.8, 4) is 0 Å². The number of β-amino-alcohol motifs (C(OH)–C–C–N with tert-alkyl or cyclic N) is 1. The van der Waals surface area contributed by atoms with E-state index in [0.717, 1.165) is 0 Å². The van der Waals surface area contributed by atoms with E-state index in [1.165, 1.54) is 0 Å². The van der Waals surface area contributed by atoms with Gasteiger partial charge in [0.15, 0.2) is 0 Å². The van der Waals surface area contributed by atoms with Crippen molar-refractivity contribution < 1.29 is 19.8 Å². The lowest BCUT2D eigenvalue weighted by atomic mass is 9.86. The minimum Gasteiger partial charge on any atom is -0.480 e. The normalized spacial score (nSPS) is 26.6. The molecule has 1 aliphatic heterocycles. The van der Waals surface area contributed by atoms with Gasteiger partial charge in [-0.15, -0.1) is 0 Å². The number of aliphatic carboxylic acids is 1. The zero-order chi connectivity index (χ0) is 13.2. The topological polar surface area (TPSA) is 98.7 Å². The Kier molecular flexibility index (Phi) is 4.11. The van der Waals surface area contributed by atoms with E-state index < -0.39 is 29.6 Å². The summed E-state index contributed by atoms with van der Waals surface area (Å²) in [4.78, 5) is 22.9. The van der Waals surface area contributed by atoms with E-state index in [2.05, 4.69) is 10.6 Å². The summed E-state index contributed by atoms with van der Waals surface area (Å²) >= 11 is 0. The van der Waals surface area contributed by atoms with Crippen molar-refractivity contribution in [1.29, 1.82) is 0 Å². The number of nitrogens with one attached hydrogen (secondary N) is 2. The van der Waals surface area contributed by atoms with Crippen LogP contribution >= 0.6 is 0 Å². The monoisotopic (exact) mass is 244 g/mol. The van der Waals surface area contributed by atoms with E-state index in [1.807, 2.05) is 0 Å². The van der Waals surface area contributed by atoms with Gasteiger partial charge in [0.2, 0.25) is 5.91 Å². The lowest BCUT2D eigenvalue weighted by molar-refractivity contribution is -0.145. The summed E-state index contributed by atoms with van der Waals surface area (Å²) in [6, 6.07) is -1.44. The molecule has 0 spiro atoms. The van der Waals surface area contributed by atoms with Crippen molar-refractivity contribution in [1.82, 2.24) is 10.6 Å². The fraction of sp³-hybridized carbons (Fsp3) is 0.818. The molecule has 2 unspecified atom stereocenters. The first kappa shape index (κ1) is 13.9. The largest absolute Gasteiger partial charge is 0.480 e. The quantitative estimate of drug-likeness (QED) is 0.527. The Bertz CT molecular complexity index is 311. The van der Waals surface area contributed by atoms with Gasteiger partial charge in [-0.05, 0) is 11.8 Å². The van der Waals surface area contributed by atoms with Crippen LogP contribution < -0.4 is 10.6 Å². The molecule has 0 bridgehead atoms. The minimum absolute atomic E-state index is 0.322. The zero-order valence-corrected chi connectivity index (χ0v) is 10.4. The van der Waals surface area contributed by atoms with Crippen LogP contribution in [0, 0.1) is 5.41 Å². The van der Waals surface area contributed by atoms with Crippen molar-refractivity contribution >= 4 is 11.9 Å². The Labute approximate surface area is 100 Å². The summed E-state index contributed by atoms with van der Waals surface area (Å²) < 4.78 is 0. The van der Waals surface area contributed by atoms with Gasteiger partial charge in [-0.2, -0.15) is 0 Å². The van der Waals surface area contributed by atoms with Crippen LogP contribution in [-0.2, 0) is 9.59 Å². The van der Waals surface area contributed by atoms with E-state index in [-0.39, 0.29) is 5.91 Å². The average Bonchev–Trinajstić information content (AvgIpc) is 2.58. The predicted octanol–water partition coefficient (Wildman–Crippen LogP) is -0.675. The SMILES string of the molecule is CC(C)(C)[C@@H](NC(=O)C1CC(O)CN1)C(=O)O. The second-order valence-electron chi connectivity index (χ2n) is 5.50. The minimum atomic E-state index is -1.05. The highest BCUT2D eigenvalue weighted by atomic mass is 16.4. The van der Waals surface area contributed by atoms with Crippen LogP contribution in [-0.4, -0.2) is 46.8 Å². The molecule has 0 radical (unpaired) electrons. The number of rotatable bonds is 3. The number of aliphatic hydroxyl groups is 1. The number of aliphatic hydroxyl groups excluding tert-OH is 1. The maximum Gasteiger partial charge on any atom is 0.326 e. The number of carbonyl (C=O) groups excluding carboxylic acids is 1. The highest BCUT2D eigenvalue weighted by Crippen LogP contribution is 2.20. The zero-order valence-electron chi connectivity index (χ0n) is 10.4. The van der Waals surface area contributed by atoms with Crippen LogP contribution in [0.2, 0.25) is 0 Å². The highest BCUT2D eigenvalue weighted by molar-refractivity contribution is 5.87. The van der Waals surface area contributed by atoms with Gasteiger partial charge in [0, 0.05) is 6.54 Å². The third-order valence-electron chi connectivity index (χ3n) is 2.82. The van der Waals surface area contributed by atoms with E-state index in [1.54, 1.807) is 20.8 Å². The van der Waals surface area contributed by atoms with Crippen molar-refractivity contribution in [3.63, 3.8) is 0 Å². The first-order chi connectivity index (χ1) is 7.71. The molecule has 98 valence electrons. The molecule has 1 heterocycles. The van der Waals surface area contributed by atoms with Crippen LogP contribution in [0.5, 0.6) is 0 Å². The lowest BCUT2D eigenvalue weighted by Gasteiger charge is -2.28. The Morgan fingerprint density at radius 3 is 2.35 bits per heavy atom. The maximum atomic E-state index is 11.8. The highest BCUT2D eigenvalue weighted by Gasteiger charge is 2.36. The molecular weight excluding hydrogens is 224 g/mol. The summed E-state index contributed by atoms with van der Waals surface area (Å²) in [7, 11) is 0. The van der Waals surface area contributed by atoms with Gasteiger partial charge < -0.3 is 20.8 Å². The standard InChI is InChI=1S/C11H20N2O4/c1-11(2,3)8(10(16)17)13-9(15)7-4-6(14)5-12-7/h6-8,12,14H,4-5H2,1-3H3,(H,13,15)(H,16,17)/t6?,7?,8-/m0/s1. The van der Waals surface area contributed by atoms with Crippen molar-refractivity contribution in [3.05, 3.63) is 0 Å². The van der Waals surface area contributed by atoms with Crippen LogP contribution in [0.3, 0.4) is 0 Å². The molecule has 17 heavy (non-hydrogen) atoms. The molecule has 1 amide bonds. The summed E-state index contributed by atoms with van der Waals surface area (Å²) in [5.41, 5.74) is -0.557. The molecule has 0 saturated carbocycles. The Morgan fingerprint density at radius 2 is 2.00 bits per heavy atom. The molecule has 6 heteroatoms. The number of carboxylic acid groups (broad SMARTS) is 1. The average molecular weight is 244 g/mol. The van der Waals surface area contributed by atoms with Gasteiger partial charge in [0.25, 0.3) is 0 Å². The van der Waals surface area contributed by atoms with Crippen LogP contribution in [0.25, 0.3) is 0 Å². The lowest BCUT2D eigenvalue weighted by Crippen LogP contribution is -2.53. The van der Waals surface area contributed by atoms with Crippen molar-refractivity contribution in [2.45, 2.75) is 45.4 Å². The van der Waals surface area contributed by atoms with Gasteiger partial charge in [-0.3, -0.25) is 4.79 Å². The molecule has 1 saturated heterocycles. The van der Waals surface area contributed by atoms with E-state index in [0.29, 0.717) is 13.0 Å². The molecule has 0 aromatic rings. The third-order valence-corrected chi connectivity index (χ3v) is 2.82. The first-order valence-corrected chi connectivity index (χ1v) is 5.66. The molecule has 0 aliphatic carbocycles. The summed E-state index contributed by atoms with van der Waals surface area (Å²) in [5.74, 6) is -1.42. The van der Waals surface area contributed by atoms with Gasteiger partial charge in [0.1, 0.15) is 6.04 Å². The molecule has 0 aromatic heterocycles. The van der Waals surface area contributed by atoms with Gasteiger partial charge >= 0.3 is 5.97 Å². The fourth-order valence-corrected chi connectivity index (χ4v) is 1.81. The second-order valence-corrected chi connectivity index (χ2v) is 5.50. The Hall–Kier alpha value is -1.14. The Balaban J connectivity index is 2.62. The summed E-state index contributed by atoms with van der Waals surface area (Å²) in [6.07, 6.45) is -0.217.